The highest BCUT2D eigenvalue weighted by atomic mass is 16.5. The van der Waals surface area contributed by atoms with Gasteiger partial charge in [-0.25, -0.2) is 4.99 Å². The van der Waals surface area contributed by atoms with Gasteiger partial charge in [-0.2, -0.15) is 0 Å². The monoisotopic (exact) mass is 534 g/mol. The van der Waals surface area contributed by atoms with E-state index in [-0.39, 0.29) is 12.5 Å². The molecule has 1 aliphatic heterocycles. The standard InChI is InChI=1S/C34H34N2O4/c1-36(2)33(38)34(24-25-10-5-3-6-11-25)31(28-16-14-27(15-17-28)26-12-7-4-8-13-26)40-32(35-34)29-18-20-30(21-19-29)39-23-9-22-37/h3-8,10-21,31,37H,9,22-24H2,1-2H3/t31-,34-/m1/s1. The highest BCUT2D eigenvalue weighted by molar-refractivity contribution is 6.01. The maximum absolute atomic E-state index is 14.0. The molecule has 1 heterocycles. The van der Waals surface area contributed by atoms with Crippen molar-refractivity contribution in [2.45, 2.75) is 24.5 Å². The van der Waals surface area contributed by atoms with Crippen LogP contribution in [0.15, 0.2) is 114 Å². The summed E-state index contributed by atoms with van der Waals surface area (Å²) in [7, 11) is 3.52. The molecule has 1 aliphatic rings. The van der Waals surface area contributed by atoms with E-state index >= 15 is 0 Å². The molecule has 0 aliphatic carbocycles. The van der Waals surface area contributed by atoms with Crippen molar-refractivity contribution in [3.8, 4) is 16.9 Å². The van der Waals surface area contributed by atoms with E-state index in [1.165, 1.54) is 0 Å². The van der Waals surface area contributed by atoms with Crippen molar-refractivity contribution in [2.75, 3.05) is 27.3 Å². The summed E-state index contributed by atoms with van der Waals surface area (Å²) in [5.74, 6) is 1.00. The van der Waals surface area contributed by atoms with E-state index in [1.807, 2.05) is 84.9 Å². The first-order chi connectivity index (χ1) is 19.5. The van der Waals surface area contributed by atoms with Gasteiger partial charge in [-0.3, -0.25) is 4.79 Å². The third kappa shape index (κ3) is 5.77. The number of aliphatic imine (C=N–C) groups is 1. The molecule has 5 rings (SSSR count). The lowest BCUT2D eigenvalue weighted by Crippen LogP contribution is -2.49. The molecule has 6 heteroatoms. The molecular formula is C34H34N2O4. The molecule has 6 nitrogen and oxygen atoms in total. The number of hydrogen-bond acceptors (Lipinski definition) is 5. The second-order valence-electron chi connectivity index (χ2n) is 10.1. The predicted molar refractivity (Wildman–Crippen MR) is 157 cm³/mol. The van der Waals surface area contributed by atoms with Crippen LogP contribution in [-0.4, -0.2) is 54.7 Å². The summed E-state index contributed by atoms with van der Waals surface area (Å²) >= 11 is 0. The van der Waals surface area contributed by atoms with Crippen molar-refractivity contribution < 1.29 is 19.4 Å². The van der Waals surface area contributed by atoms with Gasteiger partial charge in [0, 0.05) is 39.1 Å². The molecule has 0 spiro atoms. The van der Waals surface area contributed by atoms with E-state index in [9.17, 15) is 4.79 Å². The van der Waals surface area contributed by atoms with Gasteiger partial charge in [-0.1, -0.05) is 84.9 Å². The molecule has 0 fully saturated rings. The van der Waals surface area contributed by atoms with Crippen LogP contribution in [0.1, 0.15) is 29.2 Å². The second-order valence-corrected chi connectivity index (χ2v) is 10.1. The van der Waals surface area contributed by atoms with Gasteiger partial charge in [-0.05, 0) is 46.5 Å². The largest absolute Gasteiger partial charge is 0.494 e. The van der Waals surface area contributed by atoms with Gasteiger partial charge in [0.1, 0.15) is 5.75 Å². The van der Waals surface area contributed by atoms with Crippen LogP contribution in [0.2, 0.25) is 0 Å². The summed E-state index contributed by atoms with van der Waals surface area (Å²) in [5.41, 5.74) is 3.68. The lowest BCUT2D eigenvalue weighted by Gasteiger charge is -2.33. The van der Waals surface area contributed by atoms with Gasteiger partial charge in [0.15, 0.2) is 11.6 Å². The Morgan fingerprint density at radius 1 is 0.850 bits per heavy atom. The fourth-order valence-corrected chi connectivity index (χ4v) is 5.04. The maximum atomic E-state index is 14.0. The average molecular weight is 535 g/mol. The summed E-state index contributed by atoms with van der Waals surface area (Å²) in [6, 6.07) is 35.8. The van der Waals surface area contributed by atoms with Crippen LogP contribution in [0.4, 0.5) is 0 Å². The number of amides is 1. The number of hydrogen-bond donors (Lipinski definition) is 1. The number of nitrogens with zero attached hydrogens (tertiary/aromatic N) is 2. The lowest BCUT2D eigenvalue weighted by atomic mass is 9.81. The zero-order valence-electron chi connectivity index (χ0n) is 22.9. The molecule has 0 saturated carbocycles. The van der Waals surface area contributed by atoms with E-state index in [0.29, 0.717) is 31.1 Å². The molecule has 1 amide bonds. The highest BCUT2D eigenvalue weighted by Crippen LogP contribution is 2.43. The van der Waals surface area contributed by atoms with Crippen LogP contribution in [-0.2, 0) is 16.0 Å². The van der Waals surface area contributed by atoms with Crippen molar-refractivity contribution >= 4 is 11.8 Å². The number of benzene rings is 4. The minimum atomic E-state index is -1.19. The van der Waals surface area contributed by atoms with Gasteiger partial charge in [0.05, 0.1) is 6.61 Å². The molecule has 2 atom stereocenters. The Hall–Kier alpha value is -4.42. The predicted octanol–water partition coefficient (Wildman–Crippen LogP) is 5.70. The summed E-state index contributed by atoms with van der Waals surface area (Å²) in [4.78, 5) is 20.7. The Morgan fingerprint density at radius 2 is 1.45 bits per heavy atom. The van der Waals surface area contributed by atoms with E-state index in [4.69, 9.17) is 19.6 Å². The van der Waals surface area contributed by atoms with Crippen molar-refractivity contribution in [3.05, 3.63) is 126 Å². The molecule has 204 valence electrons. The SMILES string of the molecule is CN(C)C(=O)[C@]1(Cc2ccccc2)N=C(c2ccc(OCCCO)cc2)O[C@@H]1c1ccc(-c2ccccc2)cc1. The van der Waals surface area contributed by atoms with E-state index in [1.54, 1.807) is 19.0 Å². The molecule has 0 bridgehead atoms. The molecule has 40 heavy (non-hydrogen) atoms. The van der Waals surface area contributed by atoms with Crippen molar-refractivity contribution in [2.24, 2.45) is 4.99 Å². The Labute approximate surface area is 235 Å². The molecule has 0 saturated heterocycles. The Kier molecular flexibility index (Phi) is 8.27. The zero-order valence-corrected chi connectivity index (χ0v) is 22.9. The first kappa shape index (κ1) is 27.2. The minimum absolute atomic E-state index is 0.0832. The van der Waals surface area contributed by atoms with Gasteiger partial charge in [-0.15, -0.1) is 0 Å². The third-order valence-electron chi connectivity index (χ3n) is 7.05. The van der Waals surface area contributed by atoms with Crippen LogP contribution in [0.3, 0.4) is 0 Å². The van der Waals surface area contributed by atoms with Crippen molar-refractivity contribution in [1.29, 1.82) is 0 Å². The van der Waals surface area contributed by atoms with E-state index < -0.39 is 11.6 Å². The minimum Gasteiger partial charge on any atom is -0.494 e. The highest BCUT2D eigenvalue weighted by Gasteiger charge is 2.54. The smallest absolute Gasteiger partial charge is 0.254 e. The van der Waals surface area contributed by atoms with Gasteiger partial charge in [0.25, 0.3) is 5.91 Å². The van der Waals surface area contributed by atoms with E-state index in [2.05, 4.69) is 24.3 Å². The van der Waals surface area contributed by atoms with Crippen LogP contribution < -0.4 is 4.74 Å². The van der Waals surface area contributed by atoms with Crippen molar-refractivity contribution in [1.82, 2.24) is 4.90 Å². The van der Waals surface area contributed by atoms with Gasteiger partial charge < -0.3 is 19.5 Å². The van der Waals surface area contributed by atoms with Crippen LogP contribution in [0, 0.1) is 0 Å². The molecular weight excluding hydrogens is 500 g/mol. The maximum Gasteiger partial charge on any atom is 0.254 e. The van der Waals surface area contributed by atoms with Crippen molar-refractivity contribution in [3.63, 3.8) is 0 Å². The number of aliphatic hydroxyl groups excluding tert-OH is 1. The number of likely N-dealkylation sites (N-methyl/N-ethyl adjacent to an activating group) is 1. The number of rotatable bonds is 10. The van der Waals surface area contributed by atoms with E-state index in [0.717, 1.165) is 27.8 Å². The summed E-state index contributed by atoms with van der Waals surface area (Å²) in [6.45, 7) is 0.520. The lowest BCUT2D eigenvalue weighted by molar-refractivity contribution is -0.137. The first-order valence-electron chi connectivity index (χ1n) is 13.5. The van der Waals surface area contributed by atoms with Crippen LogP contribution in [0.5, 0.6) is 5.75 Å². The number of ether oxygens (including phenoxy) is 2. The Morgan fingerprint density at radius 3 is 2.08 bits per heavy atom. The summed E-state index contributed by atoms with van der Waals surface area (Å²) < 4.78 is 12.3. The molecule has 4 aromatic carbocycles. The Balaban J connectivity index is 1.55. The Bertz CT molecular complexity index is 1440. The topological polar surface area (TPSA) is 71.4 Å². The van der Waals surface area contributed by atoms with Crippen LogP contribution in [0.25, 0.3) is 11.1 Å². The van der Waals surface area contributed by atoms with Gasteiger partial charge in [0.2, 0.25) is 5.90 Å². The quantitative estimate of drug-likeness (QED) is 0.265. The van der Waals surface area contributed by atoms with Gasteiger partial charge >= 0.3 is 0 Å². The summed E-state index contributed by atoms with van der Waals surface area (Å²) in [5, 5.41) is 9.02. The number of carbonyl (C=O) groups excluding carboxylic acids is 1. The summed E-state index contributed by atoms with van der Waals surface area (Å²) in [6.07, 6.45) is 0.335. The number of carbonyl (C=O) groups is 1. The molecule has 0 radical (unpaired) electrons. The third-order valence-corrected chi connectivity index (χ3v) is 7.05. The van der Waals surface area contributed by atoms with Crippen LogP contribution >= 0.6 is 0 Å². The molecule has 0 aromatic heterocycles. The average Bonchev–Trinajstić information content (AvgIpc) is 3.38. The zero-order chi connectivity index (χ0) is 28.0. The number of aliphatic hydroxyl groups is 1. The molecule has 4 aromatic rings. The normalized spacial score (nSPS) is 18.1. The fraction of sp³-hybridized carbons (Fsp3) is 0.235. The fourth-order valence-electron chi connectivity index (χ4n) is 5.04. The molecule has 1 N–H and O–H groups in total. The second kappa shape index (κ2) is 12.2. The first-order valence-corrected chi connectivity index (χ1v) is 13.5. The molecule has 0 unspecified atom stereocenters.